The van der Waals surface area contributed by atoms with Crippen molar-refractivity contribution in [2.45, 2.75) is 30.8 Å². The highest BCUT2D eigenvalue weighted by atomic mass is 79.9. The second-order valence-corrected chi connectivity index (χ2v) is 5.30. The minimum atomic E-state index is -0.365. The Labute approximate surface area is 98.6 Å². The van der Waals surface area contributed by atoms with Crippen LogP contribution in [0.1, 0.15) is 24.8 Å². The van der Waals surface area contributed by atoms with E-state index in [9.17, 15) is 5.11 Å². The zero-order valence-electron chi connectivity index (χ0n) is 8.62. The molecule has 1 unspecified atom stereocenters. The third kappa shape index (κ3) is 2.41. The SMILES string of the molecule is NCC(O)CC1(c2ccc(Br)cc2)CC1. The third-order valence-corrected chi connectivity index (χ3v) is 3.74. The molecule has 0 aliphatic heterocycles. The summed E-state index contributed by atoms with van der Waals surface area (Å²) in [5.74, 6) is 0. The predicted molar refractivity (Wildman–Crippen MR) is 64.7 cm³/mol. The molecule has 0 amide bonds. The number of hydrogen-bond acceptors (Lipinski definition) is 2. The van der Waals surface area contributed by atoms with Gasteiger partial charge in [0.2, 0.25) is 0 Å². The number of hydrogen-bond donors (Lipinski definition) is 2. The summed E-state index contributed by atoms with van der Waals surface area (Å²) in [6.45, 7) is 0.359. The Bertz CT molecular complexity index is 332. The van der Waals surface area contributed by atoms with Crippen molar-refractivity contribution in [2.24, 2.45) is 5.73 Å². The maximum absolute atomic E-state index is 9.62. The average molecular weight is 270 g/mol. The number of aliphatic hydroxyl groups excluding tert-OH is 1. The maximum Gasteiger partial charge on any atom is 0.0670 e. The summed E-state index contributed by atoms with van der Waals surface area (Å²) in [5, 5.41) is 9.62. The minimum absolute atomic E-state index is 0.208. The van der Waals surface area contributed by atoms with Gasteiger partial charge in [-0.3, -0.25) is 0 Å². The molecule has 1 aliphatic rings. The predicted octanol–water partition coefficient (Wildman–Crippen LogP) is 2.19. The molecule has 0 bridgehead atoms. The zero-order chi connectivity index (χ0) is 10.9. The lowest BCUT2D eigenvalue weighted by Gasteiger charge is -2.18. The summed E-state index contributed by atoms with van der Waals surface area (Å²) in [5.41, 5.74) is 6.99. The molecule has 2 rings (SSSR count). The molecule has 0 saturated heterocycles. The topological polar surface area (TPSA) is 46.2 Å². The van der Waals surface area contributed by atoms with E-state index < -0.39 is 0 Å². The largest absolute Gasteiger partial charge is 0.392 e. The Balaban J connectivity index is 2.12. The number of halogens is 1. The lowest BCUT2D eigenvalue weighted by molar-refractivity contribution is 0.159. The second kappa shape index (κ2) is 4.24. The summed E-state index contributed by atoms with van der Waals surface area (Å²) >= 11 is 3.43. The number of nitrogens with two attached hydrogens (primary N) is 1. The van der Waals surface area contributed by atoms with Crippen molar-refractivity contribution < 1.29 is 5.11 Å². The van der Waals surface area contributed by atoms with Crippen LogP contribution in [-0.4, -0.2) is 17.8 Å². The minimum Gasteiger partial charge on any atom is -0.392 e. The quantitative estimate of drug-likeness (QED) is 0.881. The second-order valence-electron chi connectivity index (χ2n) is 4.38. The van der Waals surface area contributed by atoms with Crippen LogP contribution in [-0.2, 0) is 5.41 Å². The Hall–Kier alpha value is -0.380. The van der Waals surface area contributed by atoms with Crippen LogP contribution >= 0.6 is 15.9 Å². The van der Waals surface area contributed by atoms with Gasteiger partial charge in [0, 0.05) is 11.0 Å². The first kappa shape index (κ1) is 11.1. The summed E-state index contributed by atoms with van der Waals surface area (Å²) < 4.78 is 1.10. The van der Waals surface area contributed by atoms with Crippen LogP contribution in [0.4, 0.5) is 0 Å². The van der Waals surface area contributed by atoms with Gasteiger partial charge in [-0.2, -0.15) is 0 Å². The molecule has 0 aromatic heterocycles. The summed E-state index contributed by atoms with van der Waals surface area (Å²) in [6.07, 6.45) is 2.78. The standard InChI is InChI=1S/C12H16BrNO/c13-10-3-1-9(2-4-10)12(5-6-12)7-11(15)8-14/h1-4,11,15H,5-8,14H2. The molecule has 15 heavy (non-hydrogen) atoms. The molecule has 1 aliphatic carbocycles. The first-order chi connectivity index (χ1) is 7.16. The number of rotatable bonds is 4. The van der Waals surface area contributed by atoms with Gasteiger partial charge in [0.15, 0.2) is 0 Å². The van der Waals surface area contributed by atoms with Crippen LogP contribution in [0.25, 0.3) is 0 Å². The average Bonchev–Trinajstić information content (AvgIpc) is 3.00. The third-order valence-electron chi connectivity index (χ3n) is 3.21. The van der Waals surface area contributed by atoms with E-state index in [1.807, 2.05) is 0 Å². The molecule has 0 spiro atoms. The van der Waals surface area contributed by atoms with E-state index >= 15 is 0 Å². The van der Waals surface area contributed by atoms with Crippen LogP contribution in [0, 0.1) is 0 Å². The van der Waals surface area contributed by atoms with E-state index in [4.69, 9.17) is 5.73 Å². The van der Waals surface area contributed by atoms with Gasteiger partial charge in [0.25, 0.3) is 0 Å². The normalized spacial score (nSPS) is 19.9. The highest BCUT2D eigenvalue weighted by Crippen LogP contribution is 2.51. The van der Waals surface area contributed by atoms with Crippen LogP contribution < -0.4 is 5.73 Å². The molecule has 1 aromatic rings. The van der Waals surface area contributed by atoms with Crippen LogP contribution in [0.2, 0.25) is 0 Å². The van der Waals surface area contributed by atoms with Gasteiger partial charge in [-0.15, -0.1) is 0 Å². The molecular formula is C12H16BrNO. The Morgan fingerprint density at radius 1 is 1.33 bits per heavy atom. The lowest BCUT2D eigenvalue weighted by Crippen LogP contribution is -2.25. The fraction of sp³-hybridized carbons (Fsp3) is 0.500. The van der Waals surface area contributed by atoms with Crippen LogP contribution in [0.3, 0.4) is 0 Å². The van der Waals surface area contributed by atoms with Gasteiger partial charge in [0.05, 0.1) is 6.10 Å². The van der Waals surface area contributed by atoms with Gasteiger partial charge in [-0.1, -0.05) is 28.1 Å². The van der Waals surface area contributed by atoms with E-state index in [1.54, 1.807) is 0 Å². The highest BCUT2D eigenvalue weighted by Gasteiger charge is 2.44. The van der Waals surface area contributed by atoms with Crippen molar-refractivity contribution in [3.05, 3.63) is 34.3 Å². The van der Waals surface area contributed by atoms with Crippen molar-refractivity contribution in [3.63, 3.8) is 0 Å². The number of aliphatic hydroxyl groups is 1. The highest BCUT2D eigenvalue weighted by molar-refractivity contribution is 9.10. The van der Waals surface area contributed by atoms with Crippen molar-refractivity contribution in [1.82, 2.24) is 0 Å². The smallest absolute Gasteiger partial charge is 0.0670 e. The molecule has 3 N–H and O–H groups in total. The molecule has 0 radical (unpaired) electrons. The van der Waals surface area contributed by atoms with E-state index in [0.717, 1.165) is 10.9 Å². The molecule has 1 saturated carbocycles. The fourth-order valence-corrected chi connectivity index (χ4v) is 2.36. The fourth-order valence-electron chi connectivity index (χ4n) is 2.10. The van der Waals surface area contributed by atoms with Gasteiger partial charge < -0.3 is 10.8 Å². The number of benzene rings is 1. The lowest BCUT2D eigenvalue weighted by atomic mass is 9.90. The monoisotopic (exact) mass is 269 g/mol. The molecule has 82 valence electrons. The molecule has 2 nitrogen and oxygen atoms in total. The van der Waals surface area contributed by atoms with Gasteiger partial charge in [-0.25, -0.2) is 0 Å². The van der Waals surface area contributed by atoms with Crippen LogP contribution in [0.15, 0.2) is 28.7 Å². The van der Waals surface area contributed by atoms with Crippen LogP contribution in [0.5, 0.6) is 0 Å². The summed E-state index contributed by atoms with van der Waals surface area (Å²) in [7, 11) is 0. The van der Waals surface area contributed by atoms with E-state index in [0.29, 0.717) is 6.54 Å². The molecule has 0 heterocycles. The van der Waals surface area contributed by atoms with Gasteiger partial charge in [0.1, 0.15) is 0 Å². The van der Waals surface area contributed by atoms with Crippen molar-refractivity contribution in [1.29, 1.82) is 0 Å². The Kier molecular flexibility index (Phi) is 3.14. The molecule has 1 fully saturated rings. The van der Waals surface area contributed by atoms with E-state index in [1.165, 1.54) is 18.4 Å². The molecule has 1 atom stereocenters. The van der Waals surface area contributed by atoms with Crippen molar-refractivity contribution in [2.75, 3.05) is 6.54 Å². The van der Waals surface area contributed by atoms with E-state index in [-0.39, 0.29) is 11.5 Å². The van der Waals surface area contributed by atoms with E-state index in [2.05, 4.69) is 40.2 Å². The zero-order valence-corrected chi connectivity index (χ0v) is 10.2. The Morgan fingerprint density at radius 2 is 1.93 bits per heavy atom. The maximum atomic E-state index is 9.62. The molecule has 1 aromatic carbocycles. The summed E-state index contributed by atoms with van der Waals surface area (Å²) in [4.78, 5) is 0. The first-order valence-electron chi connectivity index (χ1n) is 5.30. The molecular weight excluding hydrogens is 254 g/mol. The van der Waals surface area contributed by atoms with Crippen molar-refractivity contribution >= 4 is 15.9 Å². The first-order valence-corrected chi connectivity index (χ1v) is 6.10. The van der Waals surface area contributed by atoms with Gasteiger partial charge in [-0.05, 0) is 42.4 Å². The van der Waals surface area contributed by atoms with Crippen molar-refractivity contribution in [3.8, 4) is 0 Å². The molecule has 3 heteroatoms. The Morgan fingerprint density at radius 3 is 2.40 bits per heavy atom. The summed E-state index contributed by atoms with van der Waals surface area (Å²) in [6, 6.07) is 8.40. The van der Waals surface area contributed by atoms with Gasteiger partial charge >= 0.3 is 0 Å².